The molecule has 0 amide bonds. The zero-order valence-corrected chi connectivity index (χ0v) is 8.26. The molecule has 1 heterocycles. The van der Waals surface area contributed by atoms with Crippen LogP contribution in [0.5, 0.6) is 0 Å². The summed E-state index contributed by atoms with van der Waals surface area (Å²) in [5.74, 6) is -0.107. The van der Waals surface area contributed by atoms with Crippen LogP contribution in [0.3, 0.4) is 0 Å². The quantitative estimate of drug-likeness (QED) is 0.675. The fourth-order valence-electron chi connectivity index (χ4n) is 1.17. The first-order valence-electron chi connectivity index (χ1n) is 4.28. The summed E-state index contributed by atoms with van der Waals surface area (Å²) in [5.41, 5.74) is 0. The van der Waals surface area contributed by atoms with Crippen LogP contribution in [0, 0.1) is 0 Å². The molecule has 1 fully saturated rings. The third-order valence-corrected chi connectivity index (χ3v) is 2.63. The van der Waals surface area contributed by atoms with Gasteiger partial charge in [-0.3, -0.25) is 0 Å². The topological polar surface area (TPSA) is 78.6 Å². The van der Waals surface area contributed by atoms with E-state index in [0.29, 0.717) is 13.2 Å². The van der Waals surface area contributed by atoms with Crippen LogP contribution in [0.2, 0.25) is 0 Å². The lowest BCUT2D eigenvalue weighted by atomic mass is 10.2. The minimum atomic E-state index is -3.38. The first-order chi connectivity index (χ1) is 6.08. The van der Waals surface area contributed by atoms with Crippen molar-refractivity contribution in [3.05, 3.63) is 0 Å². The molecular weight excluding hydrogens is 194 g/mol. The summed E-state index contributed by atoms with van der Waals surface area (Å²) in [7, 11) is -3.38. The van der Waals surface area contributed by atoms with E-state index in [1.807, 2.05) is 0 Å². The Hall–Kier alpha value is -0.170. The third-order valence-electron chi connectivity index (χ3n) is 1.89. The molecule has 1 aliphatic rings. The summed E-state index contributed by atoms with van der Waals surface area (Å²) in [6.45, 7) is 1.57. The van der Waals surface area contributed by atoms with E-state index in [1.54, 1.807) is 0 Å². The number of sulfonamides is 1. The highest BCUT2D eigenvalue weighted by molar-refractivity contribution is 7.89. The molecule has 5 nitrogen and oxygen atoms in total. The maximum Gasteiger partial charge on any atom is 0.211 e. The van der Waals surface area contributed by atoms with Crippen molar-refractivity contribution < 1.29 is 17.9 Å². The van der Waals surface area contributed by atoms with E-state index < -0.39 is 10.0 Å². The lowest BCUT2D eigenvalue weighted by molar-refractivity contribution is -0.0266. The Morgan fingerprint density at radius 2 is 2.00 bits per heavy atom. The standard InChI is InChI=1S/C7H15NO4S/c8-13(9,10)6-5-12-7-1-3-11-4-2-7/h7H,1-6H2,(H2,8,9,10). The summed E-state index contributed by atoms with van der Waals surface area (Å²) in [4.78, 5) is 0. The Morgan fingerprint density at radius 3 is 2.54 bits per heavy atom. The van der Waals surface area contributed by atoms with Gasteiger partial charge in [0.1, 0.15) is 0 Å². The highest BCUT2D eigenvalue weighted by Gasteiger charge is 2.14. The Balaban J connectivity index is 2.11. The molecule has 0 aromatic heterocycles. The molecule has 0 saturated carbocycles. The van der Waals surface area contributed by atoms with Crippen molar-refractivity contribution in [3.8, 4) is 0 Å². The summed E-state index contributed by atoms with van der Waals surface area (Å²) in [5, 5.41) is 4.82. The maximum atomic E-state index is 10.5. The average Bonchev–Trinajstić information content (AvgIpc) is 2.04. The number of ether oxygens (including phenoxy) is 2. The average molecular weight is 209 g/mol. The van der Waals surface area contributed by atoms with Gasteiger partial charge in [-0.2, -0.15) is 0 Å². The molecule has 1 saturated heterocycles. The van der Waals surface area contributed by atoms with Gasteiger partial charge in [0.25, 0.3) is 0 Å². The van der Waals surface area contributed by atoms with Crippen LogP contribution < -0.4 is 5.14 Å². The number of hydrogen-bond donors (Lipinski definition) is 1. The molecule has 6 heteroatoms. The van der Waals surface area contributed by atoms with Crippen LogP contribution >= 0.6 is 0 Å². The maximum absolute atomic E-state index is 10.5. The van der Waals surface area contributed by atoms with Crippen molar-refractivity contribution in [1.29, 1.82) is 0 Å². The molecule has 0 spiro atoms. The summed E-state index contributed by atoms with van der Waals surface area (Å²) in [6, 6.07) is 0. The lowest BCUT2D eigenvalue weighted by Crippen LogP contribution is -2.27. The van der Waals surface area contributed by atoms with E-state index in [2.05, 4.69) is 0 Å². The van der Waals surface area contributed by atoms with Crippen molar-refractivity contribution in [2.45, 2.75) is 18.9 Å². The first-order valence-corrected chi connectivity index (χ1v) is 5.99. The second-order valence-corrected chi connectivity index (χ2v) is 4.78. The fourth-order valence-corrected chi connectivity index (χ4v) is 1.50. The predicted octanol–water partition coefficient (Wildman–Crippen LogP) is -0.529. The van der Waals surface area contributed by atoms with Gasteiger partial charge in [-0.15, -0.1) is 0 Å². The summed E-state index contributed by atoms with van der Waals surface area (Å²) < 4.78 is 31.5. The second kappa shape index (κ2) is 4.90. The highest BCUT2D eigenvalue weighted by atomic mass is 32.2. The van der Waals surface area contributed by atoms with E-state index in [1.165, 1.54) is 0 Å². The molecule has 0 bridgehead atoms. The Kier molecular flexibility index (Phi) is 4.11. The van der Waals surface area contributed by atoms with Crippen molar-refractivity contribution >= 4 is 10.0 Å². The van der Waals surface area contributed by atoms with Crippen LogP contribution in [0.1, 0.15) is 12.8 Å². The molecular formula is C7H15NO4S. The van der Waals surface area contributed by atoms with Gasteiger partial charge in [0.2, 0.25) is 10.0 Å². The van der Waals surface area contributed by atoms with Crippen molar-refractivity contribution in [2.75, 3.05) is 25.6 Å². The van der Waals surface area contributed by atoms with Crippen molar-refractivity contribution in [1.82, 2.24) is 0 Å². The number of hydrogen-bond acceptors (Lipinski definition) is 4. The molecule has 0 radical (unpaired) electrons. The Labute approximate surface area is 78.3 Å². The van der Waals surface area contributed by atoms with Gasteiger partial charge in [-0.25, -0.2) is 13.6 Å². The van der Waals surface area contributed by atoms with E-state index in [0.717, 1.165) is 12.8 Å². The fraction of sp³-hybridized carbons (Fsp3) is 1.00. The van der Waals surface area contributed by atoms with Gasteiger partial charge in [0.15, 0.2) is 0 Å². The summed E-state index contributed by atoms with van der Waals surface area (Å²) >= 11 is 0. The van der Waals surface area contributed by atoms with Gasteiger partial charge >= 0.3 is 0 Å². The van der Waals surface area contributed by atoms with Gasteiger partial charge in [-0.1, -0.05) is 0 Å². The van der Waals surface area contributed by atoms with Gasteiger partial charge < -0.3 is 9.47 Å². The van der Waals surface area contributed by atoms with Gasteiger partial charge in [0.05, 0.1) is 18.5 Å². The molecule has 0 atom stereocenters. The SMILES string of the molecule is NS(=O)(=O)CCOC1CCOCC1. The van der Waals surface area contributed by atoms with Crippen LogP contribution in [-0.2, 0) is 19.5 Å². The number of primary sulfonamides is 1. The van der Waals surface area contributed by atoms with E-state index >= 15 is 0 Å². The third kappa shape index (κ3) is 5.20. The monoisotopic (exact) mass is 209 g/mol. The zero-order chi connectivity index (χ0) is 9.73. The van der Waals surface area contributed by atoms with Crippen molar-refractivity contribution in [2.24, 2.45) is 5.14 Å². The number of nitrogens with two attached hydrogens (primary N) is 1. The molecule has 0 aromatic rings. The zero-order valence-electron chi connectivity index (χ0n) is 7.44. The minimum absolute atomic E-state index is 0.107. The number of rotatable bonds is 4. The van der Waals surface area contributed by atoms with Crippen LogP contribution in [0.15, 0.2) is 0 Å². The van der Waals surface area contributed by atoms with Gasteiger partial charge in [0, 0.05) is 13.2 Å². The largest absolute Gasteiger partial charge is 0.381 e. The first kappa shape index (κ1) is 10.9. The molecule has 1 aliphatic heterocycles. The van der Waals surface area contributed by atoms with Crippen molar-refractivity contribution in [3.63, 3.8) is 0 Å². The Morgan fingerprint density at radius 1 is 1.38 bits per heavy atom. The molecule has 2 N–H and O–H groups in total. The normalized spacial score (nSPS) is 20.4. The van der Waals surface area contributed by atoms with Gasteiger partial charge in [-0.05, 0) is 12.8 Å². The summed E-state index contributed by atoms with van der Waals surface area (Å²) in [6.07, 6.45) is 1.81. The van der Waals surface area contributed by atoms with Crippen LogP contribution in [0.25, 0.3) is 0 Å². The molecule has 13 heavy (non-hydrogen) atoms. The lowest BCUT2D eigenvalue weighted by Gasteiger charge is -2.21. The smallest absolute Gasteiger partial charge is 0.211 e. The van der Waals surface area contributed by atoms with E-state index in [9.17, 15) is 8.42 Å². The Bertz CT molecular complexity index is 233. The molecule has 0 unspecified atom stereocenters. The molecule has 78 valence electrons. The van der Waals surface area contributed by atoms with Crippen LogP contribution in [-0.4, -0.2) is 40.1 Å². The predicted molar refractivity (Wildman–Crippen MR) is 47.8 cm³/mol. The second-order valence-electron chi connectivity index (χ2n) is 3.05. The molecule has 0 aromatic carbocycles. The van der Waals surface area contributed by atoms with E-state index in [-0.39, 0.29) is 18.5 Å². The molecule has 1 rings (SSSR count). The highest BCUT2D eigenvalue weighted by Crippen LogP contribution is 2.09. The van der Waals surface area contributed by atoms with Crippen LogP contribution in [0.4, 0.5) is 0 Å². The molecule has 0 aliphatic carbocycles. The minimum Gasteiger partial charge on any atom is -0.381 e. The van der Waals surface area contributed by atoms with E-state index in [4.69, 9.17) is 14.6 Å².